The molecule has 0 spiro atoms. The van der Waals surface area contributed by atoms with Gasteiger partial charge in [-0.1, -0.05) is 273 Å². The fourth-order valence-corrected chi connectivity index (χ4v) is 13.5. The van der Waals surface area contributed by atoms with E-state index in [1.54, 1.807) is 0 Å². The maximum absolute atomic E-state index is 2.23. The van der Waals surface area contributed by atoms with Gasteiger partial charge in [-0.25, -0.2) is 0 Å². The van der Waals surface area contributed by atoms with Crippen LogP contribution in [0.4, 0.5) is 0 Å². The van der Waals surface area contributed by atoms with Gasteiger partial charge in [0.15, 0.2) is 0 Å². The summed E-state index contributed by atoms with van der Waals surface area (Å²) in [4.78, 5) is 0. The summed E-state index contributed by atoms with van der Waals surface area (Å²) in [5.41, 5.74) is 0. The molecule has 0 bridgehead atoms. The smallest absolute Gasteiger partial charge is 0.0134 e. The first-order valence-corrected chi connectivity index (χ1v) is 23.2. The van der Waals surface area contributed by atoms with Crippen molar-refractivity contribution in [3.63, 3.8) is 0 Å². The zero-order valence-corrected chi connectivity index (χ0v) is 41.0. The normalized spacial score (nSPS) is 10.2. The fourth-order valence-electron chi connectivity index (χ4n) is 6.54. The van der Waals surface area contributed by atoms with E-state index in [-0.39, 0.29) is 70.9 Å². The van der Waals surface area contributed by atoms with Crippen LogP contribution in [0.15, 0.2) is 273 Å². The van der Waals surface area contributed by atoms with Crippen molar-refractivity contribution in [3.05, 3.63) is 273 Å². The quantitative estimate of drug-likeness (QED) is 0.100. The predicted octanol–water partition coefficient (Wildman–Crippen LogP) is 9.15. The molecule has 0 saturated carbocycles. The van der Waals surface area contributed by atoms with Crippen molar-refractivity contribution in [2.45, 2.75) is 0 Å². The van der Waals surface area contributed by atoms with Crippen LogP contribution in [0.3, 0.4) is 0 Å². The average molecular weight is 932 g/mol. The molecule has 0 saturated heterocycles. The Morgan fingerprint density at radius 2 is 0.237 bits per heavy atom. The fraction of sp³-hybridized carbons (Fsp3) is 0. The molecule has 9 aromatic carbocycles. The summed E-state index contributed by atoms with van der Waals surface area (Å²) in [6.45, 7) is 0. The van der Waals surface area contributed by atoms with Crippen molar-refractivity contribution < 1.29 is 19.5 Å². The first-order valence-electron chi connectivity index (χ1n) is 19.2. The Bertz CT molecular complexity index is 1870. The molecule has 0 amide bonds. The third-order valence-electron chi connectivity index (χ3n) is 9.13. The third kappa shape index (κ3) is 13.8. The van der Waals surface area contributed by atoms with Crippen LogP contribution in [0.1, 0.15) is 0 Å². The van der Waals surface area contributed by atoms with Gasteiger partial charge in [-0.3, -0.25) is 0 Å². The summed E-state index contributed by atoms with van der Waals surface area (Å²) in [6.07, 6.45) is 0. The molecule has 0 aliphatic heterocycles. The van der Waals surface area contributed by atoms with E-state index in [0.29, 0.717) is 0 Å². The van der Waals surface area contributed by atoms with Crippen molar-refractivity contribution in [3.8, 4) is 0 Å². The summed E-state index contributed by atoms with van der Waals surface area (Å²) in [5.74, 6) is 0. The van der Waals surface area contributed by atoms with E-state index in [4.69, 9.17) is 0 Å². The molecule has 0 fully saturated rings. The van der Waals surface area contributed by atoms with E-state index in [0.717, 1.165) is 0 Å². The summed E-state index contributed by atoms with van der Waals surface area (Å²) in [6, 6.07) is 97.0. The predicted molar refractivity (Wildman–Crippen MR) is 265 cm³/mol. The minimum atomic E-state index is -0.446. The van der Waals surface area contributed by atoms with Gasteiger partial charge in [0.25, 0.3) is 0 Å². The summed E-state index contributed by atoms with van der Waals surface area (Å²) < 4.78 is 0. The van der Waals surface area contributed by atoms with Gasteiger partial charge in [0.05, 0.1) is 0 Å². The van der Waals surface area contributed by atoms with Crippen LogP contribution in [0, 0.1) is 0 Å². The minimum Gasteiger partial charge on any atom is -0.0622 e. The van der Waals surface area contributed by atoms with Crippen molar-refractivity contribution in [1.29, 1.82) is 0 Å². The Hall–Kier alpha value is -3.47. The molecule has 9 aromatic rings. The van der Waals surface area contributed by atoms with Gasteiger partial charge in [-0.05, 0) is 71.5 Å². The first kappa shape index (κ1) is 46.6. The maximum Gasteiger partial charge on any atom is -0.0134 e. The van der Waals surface area contributed by atoms with E-state index in [9.17, 15) is 0 Å². The molecule has 5 heteroatoms. The molecule has 59 heavy (non-hydrogen) atoms. The average Bonchev–Trinajstić information content (AvgIpc) is 3.30. The van der Waals surface area contributed by atoms with E-state index >= 15 is 0 Å². The van der Waals surface area contributed by atoms with Gasteiger partial charge >= 0.3 is 19.5 Å². The van der Waals surface area contributed by atoms with Crippen molar-refractivity contribution in [2.75, 3.05) is 0 Å². The van der Waals surface area contributed by atoms with Gasteiger partial charge in [-0.2, -0.15) is 0 Å². The topological polar surface area (TPSA) is 0 Å². The van der Waals surface area contributed by atoms with Crippen molar-refractivity contribution in [1.82, 2.24) is 0 Å². The van der Waals surface area contributed by atoms with Crippen LogP contribution < -0.4 is 47.7 Å². The van der Waals surface area contributed by atoms with Gasteiger partial charge in [0.1, 0.15) is 0 Å². The van der Waals surface area contributed by atoms with E-state index in [1.165, 1.54) is 47.7 Å². The van der Waals surface area contributed by atoms with E-state index in [1.807, 2.05) is 0 Å². The standard InChI is InChI=1S/3C18H15P.K.Rh.3H/c3*1-4-10-16(11-5-1)19(17-12-6-2-7-13-17)18-14-8-3-9-15-18;;;;;/h3*1-15H;;;;;. The number of benzene rings is 9. The van der Waals surface area contributed by atoms with Crippen LogP contribution in [0.2, 0.25) is 0 Å². The number of rotatable bonds is 9. The molecule has 0 aromatic heterocycles. The third-order valence-corrected chi connectivity index (χ3v) is 16.5. The first-order chi connectivity index (χ1) is 28.3. The van der Waals surface area contributed by atoms with Gasteiger partial charge in [-0.15, -0.1) is 0 Å². The SMILES string of the molecule is [K].[RhH3].c1ccc(P(c2ccccc2)c2ccccc2)cc1.c1ccc(P(c2ccccc2)c2ccccc2)cc1.c1ccc(P(c2ccccc2)c2ccccc2)cc1. The van der Waals surface area contributed by atoms with Gasteiger partial charge in [0, 0.05) is 51.4 Å². The molecule has 0 atom stereocenters. The Labute approximate surface area is 410 Å². The van der Waals surface area contributed by atoms with Gasteiger partial charge in [0.2, 0.25) is 0 Å². The second kappa shape index (κ2) is 26.0. The van der Waals surface area contributed by atoms with E-state index < -0.39 is 23.8 Å². The second-order valence-electron chi connectivity index (χ2n) is 13.0. The molecule has 0 unspecified atom stereocenters. The summed E-state index contributed by atoms with van der Waals surface area (Å²) in [7, 11) is -1.34. The van der Waals surface area contributed by atoms with Crippen LogP contribution in [0.5, 0.6) is 0 Å². The maximum atomic E-state index is 2.23. The molecule has 0 N–H and O–H groups in total. The summed E-state index contributed by atoms with van der Waals surface area (Å²) in [5, 5.41) is 12.6. The largest absolute Gasteiger partial charge is 0.0622 e. The second-order valence-corrected chi connectivity index (χ2v) is 19.7. The molecule has 289 valence electrons. The van der Waals surface area contributed by atoms with Gasteiger partial charge < -0.3 is 0 Å². The molecule has 0 heterocycles. The zero-order chi connectivity index (χ0) is 38.7. The monoisotopic (exact) mass is 931 g/mol. The molecule has 0 aliphatic rings. The Morgan fingerprint density at radius 1 is 0.153 bits per heavy atom. The molecule has 0 nitrogen and oxygen atoms in total. The zero-order valence-electron chi connectivity index (χ0n) is 33.2. The van der Waals surface area contributed by atoms with Crippen LogP contribution in [0.25, 0.3) is 0 Å². The van der Waals surface area contributed by atoms with Crippen LogP contribution >= 0.6 is 23.8 Å². The van der Waals surface area contributed by atoms with Crippen LogP contribution in [-0.4, -0.2) is 51.4 Å². The number of hydrogen-bond donors (Lipinski definition) is 0. The molecule has 0 aliphatic carbocycles. The molecular weight excluding hydrogens is 884 g/mol. The summed E-state index contributed by atoms with van der Waals surface area (Å²) >= 11 is 0. The van der Waals surface area contributed by atoms with E-state index in [2.05, 4.69) is 273 Å². The minimum absolute atomic E-state index is 0. The number of hydrogen-bond acceptors (Lipinski definition) is 0. The molecular formula is C54H48KP3Rh. The van der Waals surface area contributed by atoms with Crippen LogP contribution in [-0.2, 0) is 19.5 Å². The molecule has 9 rings (SSSR count). The Kier molecular flexibility index (Phi) is 20.5. The Morgan fingerprint density at radius 3 is 0.322 bits per heavy atom. The molecule has 2 radical (unpaired) electrons. The Balaban J connectivity index is 0.000000165. The van der Waals surface area contributed by atoms with Crippen molar-refractivity contribution >= 4 is 123 Å². The van der Waals surface area contributed by atoms with Crippen molar-refractivity contribution in [2.24, 2.45) is 0 Å².